The maximum absolute atomic E-state index is 12.8. The minimum Gasteiger partial charge on any atom is -0.494 e. The van der Waals surface area contributed by atoms with E-state index in [0.29, 0.717) is 17.3 Å². The van der Waals surface area contributed by atoms with Crippen molar-refractivity contribution in [2.45, 2.75) is 176 Å². The fourth-order valence-electron chi connectivity index (χ4n) is 11.4. The van der Waals surface area contributed by atoms with Crippen molar-refractivity contribution in [3.63, 3.8) is 0 Å². The number of nitrogens with two attached hydrogens (primary N) is 1. The van der Waals surface area contributed by atoms with Crippen LogP contribution in [0.5, 0.6) is 5.75 Å². The quantitative estimate of drug-likeness (QED) is 0.0686. The van der Waals surface area contributed by atoms with Crippen LogP contribution in [0.1, 0.15) is 169 Å². The molecule has 2 N–H and O–H groups in total. The first-order valence-electron chi connectivity index (χ1n) is 21.0. The summed E-state index contributed by atoms with van der Waals surface area (Å²) in [4.78, 5) is 12.8. The molecule has 0 bridgehead atoms. The third kappa shape index (κ3) is 9.88. The second-order valence-electron chi connectivity index (χ2n) is 18.0. The zero-order valence-corrected chi connectivity index (χ0v) is 32.3. The largest absolute Gasteiger partial charge is 0.494 e. The number of carbonyl (C=O) groups excluding carboxylic acids is 1. The highest BCUT2D eigenvalue weighted by atomic mass is 16.5. The molecule has 0 spiro atoms. The molecule has 49 heavy (non-hydrogen) atoms. The monoisotopic (exact) mass is 676 g/mol. The molecular formula is C45H73NO3. The Bertz CT molecular complexity index is 1210. The Balaban J connectivity index is 0.948. The molecule has 0 aromatic heterocycles. The van der Waals surface area contributed by atoms with Gasteiger partial charge in [0, 0.05) is 24.6 Å². The minimum atomic E-state index is 0.0382. The first-order valence-corrected chi connectivity index (χ1v) is 21.0. The van der Waals surface area contributed by atoms with E-state index in [-0.39, 0.29) is 12.1 Å². The van der Waals surface area contributed by atoms with Gasteiger partial charge in [0.25, 0.3) is 0 Å². The van der Waals surface area contributed by atoms with E-state index in [4.69, 9.17) is 15.2 Å². The third-order valence-corrected chi connectivity index (χ3v) is 14.2. The van der Waals surface area contributed by atoms with E-state index in [2.05, 4.69) is 40.7 Å². The Kier molecular flexibility index (Phi) is 14.0. The summed E-state index contributed by atoms with van der Waals surface area (Å²) < 4.78 is 11.9. The Morgan fingerprint density at radius 1 is 0.857 bits per heavy atom. The maximum atomic E-state index is 12.8. The summed E-state index contributed by atoms with van der Waals surface area (Å²) in [5.74, 6) is 6.11. The van der Waals surface area contributed by atoms with E-state index in [0.717, 1.165) is 85.7 Å². The molecule has 4 nitrogen and oxygen atoms in total. The Morgan fingerprint density at radius 2 is 1.59 bits per heavy atom. The highest BCUT2D eigenvalue weighted by Gasteiger charge is 2.59. The molecule has 0 amide bonds. The van der Waals surface area contributed by atoms with Gasteiger partial charge in [-0.3, -0.25) is 4.79 Å². The van der Waals surface area contributed by atoms with Crippen molar-refractivity contribution in [3.05, 3.63) is 35.9 Å². The number of ether oxygens (including phenoxy) is 2. The van der Waals surface area contributed by atoms with E-state index in [9.17, 15) is 4.79 Å². The Morgan fingerprint density at radius 3 is 2.33 bits per heavy atom. The predicted octanol–water partition coefficient (Wildman–Crippen LogP) is 12.5. The first kappa shape index (κ1) is 38.3. The molecule has 8 atom stereocenters. The van der Waals surface area contributed by atoms with Gasteiger partial charge in [-0.05, 0) is 116 Å². The second-order valence-corrected chi connectivity index (χ2v) is 18.0. The number of esters is 1. The fraction of sp³-hybridized carbons (Fsp3) is 0.800. The number of fused-ring (bicyclic) bond motifs is 5. The van der Waals surface area contributed by atoms with Gasteiger partial charge in [0.05, 0.1) is 6.61 Å². The number of rotatable bonds is 19. The van der Waals surface area contributed by atoms with Crippen molar-refractivity contribution < 1.29 is 14.3 Å². The van der Waals surface area contributed by atoms with Gasteiger partial charge >= 0.3 is 5.97 Å². The van der Waals surface area contributed by atoms with Gasteiger partial charge in [-0.2, -0.15) is 0 Å². The third-order valence-electron chi connectivity index (χ3n) is 14.2. The van der Waals surface area contributed by atoms with Gasteiger partial charge in [0.1, 0.15) is 11.9 Å². The highest BCUT2D eigenvalue weighted by molar-refractivity contribution is 5.69. The lowest BCUT2D eigenvalue weighted by molar-refractivity contribution is -0.151. The van der Waals surface area contributed by atoms with Crippen LogP contribution in [0.2, 0.25) is 0 Å². The maximum Gasteiger partial charge on any atom is 0.306 e. The number of allylic oxidation sites excluding steroid dienone is 1. The Labute approximate surface area is 301 Å². The van der Waals surface area contributed by atoms with Crippen LogP contribution in [0.25, 0.3) is 0 Å². The van der Waals surface area contributed by atoms with Crippen molar-refractivity contribution in [1.29, 1.82) is 0 Å². The number of benzene rings is 1. The molecule has 276 valence electrons. The number of anilines is 1. The van der Waals surface area contributed by atoms with E-state index in [1.54, 1.807) is 5.57 Å². The summed E-state index contributed by atoms with van der Waals surface area (Å²) in [7, 11) is 0. The smallest absolute Gasteiger partial charge is 0.306 e. The number of nitrogen functional groups attached to an aromatic ring is 1. The van der Waals surface area contributed by atoms with Crippen molar-refractivity contribution >= 4 is 11.7 Å². The lowest BCUT2D eigenvalue weighted by Crippen LogP contribution is -2.51. The summed E-state index contributed by atoms with van der Waals surface area (Å²) in [5, 5.41) is 0. The lowest BCUT2D eigenvalue weighted by atomic mass is 9.47. The molecule has 0 radical (unpaired) electrons. The van der Waals surface area contributed by atoms with Crippen LogP contribution in [0.3, 0.4) is 0 Å². The lowest BCUT2D eigenvalue weighted by Gasteiger charge is -2.58. The molecule has 0 aliphatic heterocycles. The number of unbranched alkanes of at least 4 members (excludes halogenated alkanes) is 8. The molecule has 1 aromatic rings. The highest BCUT2D eigenvalue weighted by Crippen LogP contribution is 2.67. The molecule has 3 fully saturated rings. The van der Waals surface area contributed by atoms with Gasteiger partial charge in [-0.1, -0.05) is 117 Å². The molecule has 4 aliphatic rings. The topological polar surface area (TPSA) is 61.5 Å². The molecule has 4 aliphatic carbocycles. The summed E-state index contributed by atoms with van der Waals surface area (Å²) in [5.41, 5.74) is 9.06. The van der Waals surface area contributed by atoms with Gasteiger partial charge in [0.2, 0.25) is 0 Å². The number of carbonyl (C=O) groups is 1. The van der Waals surface area contributed by atoms with Gasteiger partial charge in [0.15, 0.2) is 0 Å². The van der Waals surface area contributed by atoms with Crippen LogP contribution < -0.4 is 10.5 Å². The van der Waals surface area contributed by atoms with E-state index in [1.807, 2.05) is 24.3 Å². The minimum absolute atomic E-state index is 0.0382. The molecule has 3 saturated carbocycles. The average Bonchev–Trinajstić information content (AvgIpc) is 3.42. The summed E-state index contributed by atoms with van der Waals surface area (Å²) in [6, 6.07) is 7.67. The van der Waals surface area contributed by atoms with Gasteiger partial charge < -0.3 is 15.2 Å². The zero-order valence-electron chi connectivity index (χ0n) is 32.3. The number of hydrogen-bond acceptors (Lipinski definition) is 4. The Hall–Kier alpha value is -1.97. The first-order chi connectivity index (χ1) is 23.6. The molecule has 0 heterocycles. The zero-order chi connectivity index (χ0) is 34.9. The van der Waals surface area contributed by atoms with Crippen molar-refractivity contribution in [1.82, 2.24) is 0 Å². The van der Waals surface area contributed by atoms with E-state index < -0.39 is 0 Å². The van der Waals surface area contributed by atoms with Crippen molar-refractivity contribution in [2.24, 2.45) is 46.3 Å². The standard InChI is InChI=1S/C45H73NO3/c1-33(2)17-15-18-34(3)40-24-25-41-39-23-22-35-31-38(26-28-44(35,4)42(39)27-29-45(40,41)5)49-43(47)21-13-11-9-7-6-8-10-12-14-30-48-37-20-16-19-36(46)32-37/h16,19-20,22,32-34,38-42H,6-15,17-18,21,23-31,46H2,1-5H3/t34-,38+,39+,40-,41+,42+,44+,45-/m1/s1. The van der Waals surface area contributed by atoms with Crippen LogP contribution in [0.4, 0.5) is 5.69 Å². The SMILES string of the molecule is CC(C)CCC[C@@H](C)[C@H]1CC[C@H]2[C@@H]3CC=C4C[C@@H](OC(=O)CCCCCCCCCCCOc5cccc(N)c5)CC[C@]4(C)[C@H]3CC[C@]12C. The molecule has 1 aromatic carbocycles. The van der Waals surface area contributed by atoms with Crippen LogP contribution >= 0.6 is 0 Å². The van der Waals surface area contributed by atoms with Crippen LogP contribution in [0.15, 0.2) is 35.9 Å². The second kappa shape index (κ2) is 18.0. The van der Waals surface area contributed by atoms with Crippen molar-refractivity contribution in [2.75, 3.05) is 12.3 Å². The molecule has 4 heteroatoms. The molecule has 0 saturated heterocycles. The summed E-state index contributed by atoms with van der Waals surface area (Å²) in [6.07, 6.45) is 28.5. The fourth-order valence-corrected chi connectivity index (χ4v) is 11.4. The van der Waals surface area contributed by atoms with Crippen molar-refractivity contribution in [3.8, 4) is 5.75 Å². The summed E-state index contributed by atoms with van der Waals surface area (Å²) in [6.45, 7) is 13.4. The normalized spacial score (nSPS) is 31.4. The molecular weight excluding hydrogens is 602 g/mol. The van der Waals surface area contributed by atoms with E-state index >= 15 is 0 Å². The molecule has 5 rings (SSSR count). The number of hydrogen-bond donors (Lipinski definition) is 1. The van der Waals surface area contributed by atoms with E-state index in [1.165, 1.54) is 96.3 Å². The van der Waals surface area contributed by atoms with Gasteiger partial charge in [-0.25, -0.2) is 0 Å². The average molecular weight is 676 g/mol. The van der Waals surface area contributed by atoms with Crippen LogP contribution in [-0.4, -0.2) is 18.7 Å². The van der Waals surface area contributed by atoms with Crippen LogP contribution in [0, 0.1) is 46.3 Å². The summed E-state index contributed by atoms with van der Waals surface area (Å²) >= 11 is 0. The molecule has 0 unspecified atom stereocenters. The van der Waals surface area contributed by atoms with Gasteiger partial charge in [-0.15, -0.1) is 0 Å². The predicted molar refractivity (Wildman–Crippen MR) is 205 cm³/mol. The van der Waals surface area contributed by atoms with Crippen LogP contribution in [-0.2, 0) is 9.53 Å².